The van der Waals surface area contributed by atoms with Gasteiger partial charge in [0.2, 0.25) is 0 Å². The molecule has 0 atom stereocenters. The van der Waals surface area contributed by atoms with Crippen molar-refractivity contribution in [1.29, 1.82) is 0 Å². The minimum atomic E-state index is -0.173. The van der Waals surface area contributed by atoms with E-state index in [0.717, 1.165) is 5.56 Å². The number of nitrogens with one attached hydrogen (secondary N) is 1. The smallest absolute Gasteiger partial charge is 0.265 e. The van der Waals surface area contributed by atoms with Crippen LogP contribution in [0.4, 0.5) is 0 Å². The predicted molar refractivity (Wildman–Crippen MR) is 65.4 cm³/mol. The number of hydrogen-bond donors (Lipinski definition) is 1. The van der Waals surface area contributed by atoms with Crippen LogP contribution in [-0.2, 0) is 0 Å². The largest absolute Gasteiger partial charge is 0.493 e. The average Bonchev–Trinajstić information content (AvgIpc) is 2.27. The molecular weight excluding hydrogens is 220 g/mol. The minimum absolute atomic E-state index is 0.173. The summed E-state index contributed by atoms with van der Waals surface area (Å²) >= 11 is 0. The van der Waals surface area contributed by atoms with Gasteiger partial charge in [0.1, 0.15) is 0 Å². The fourth-order valence-corrected chi connectivity index (χ4v) is 1.49. The first kappa shape index (κ1) is 13.3. The molecule has 0 aliphatic carbocycles. The van der Waals surface area contributed by atoms with Crippen LogP contribution in [0.5, 0.6) is 11.5 Å². The Bertz CT molecular complexity index is 416. The van der Waals surface area contributed by atoms with Gasteiger partial charge in [-0.05, 0) is 24.6 Å². The highest BCUT2D eigenvalue weighted by Crippen LogP contribution is 2.30. The number of rotatable bonds is 4. The van der Waals surface area contributed by atoms with E-state index in [1.165, 1.54) is 0 Å². The van der Waals surface area contributed by atoms with E-state index in [2.05, 4.69) is 5.43 Å². The number of hydrazine groups is 1. The van der Waals surface area contributed by atoms with Gasteiger partial charge in [-0.3, -0.25) is 10.2 Å². The summed E-state index contributed by atoms with van der Waals surface area (Å²) < 4.78 is 10.3. The second-order valence-corrected chi connectivity index (χ2v) is 3.86. The summed E-state index contributed by atoms with van der Waals surface area (Å²) in [6.45, 7) is 1.85. The molecule has 0 aliphatic rings. The van der Waals surface area contributed by atoms with Gasteiger partial charge in [0, 0.05) is 19.7 Å². The van der Waals surface area contributed by atoms with Gasteiger partial charge in [0.15, 0.2) is 11.5 Å². The van der Waals surface area contributed by atoms with E-state index in [0.29, 0.717) is 17.1 Å². The molecular formula is C12H18N2O3. The van der Waals surface area contributed by atoms with Crippen molar-refractivity contribution in [1.82, 2.24) is 10.4 Å². The third-order valence-corrected chi connectivity index (χ3v) is 2.30. The van der Waals surface area contributed by atoms with Crippen molar-refractivity contribution in [3.8, 4) is 11.5 Å². The normalized spacial score (nSPS) is 10.2. The molecule has 5 heteroatoms. The summed E-state index contributed by atoms with van der Waals surface area (Å²) in [6, 6.07) is 3.45. The highest BCUT2D eigenvalue weighted by molar-refractivity contribution is 5.96. The highest BCUT2D eigenvalue weighted by atomic mass is 16.5. The second kappa shape index (κ2) is 5.54. The maximum atomic E-state index is 11.9. The van der Waals surface area contributed by atoms with Gasteiger partial charge >= 0.3 is 0 Å². The quantitative estimate of drug-likeness (QED) is 0.801. The lowest BCUT2D eigenvalue weighted by atomic mass is 10.1. The summed E-state index contributed by atoms with van der Waals surface area (Å²) in [4.78, 5) is 11.9. The molecule has 0 aromatic heterocycles. The summed E-state index contributed by atoms with van der Waals surface area (Å²) in [7, 11) is 6.62. The van der Waals surface area contributed by atoms with Crippen LogP contribution in [-0.4, -0.2) is 39.2 Å². The molecule has 1 aromatic rings. The Labute approximate surface area is 101 Å². The number of aryl methyl sites for hydroxylation is 1. The van der Waals surface area contributed by atoms with Crippen LogP contribution in [0.3, 0.4) is 0 Å². The van der Waals surface area contributed by atoms with Crippen molar-refractivity contribution < 1.29 is 14.3 Å². The van der Waals surface area contributed by atoms with Gasteiger partial charge in [-0.25, -0.2) is 5.01 Å². The number of carbonyl (C=O) groups is 1. The van der Waals surface area contributed by atoms with Crippen molar-refractivity contribution in [3.05, 3.63) is 23.3 Å². The van der Waals surface area contributed by atoms with Gasteiger partial charge in [-0.2, -0.15) is 0 Å². The van der Waals surface area contributed by atoms with Crippen LogP contribution in [0.1, 0.15) is 15.9 Å². The van der Waals surface area contributed by atoms with E-state index in [1.807, 2.05) is 6.92 Å². The van der Waals surface area contributed by atoms with Gasteiger partial charge in [-0.1, -0.05) is 0 Å². The van der Waals surface area contributed by atoms with Crippen molar-refractivity contribution in [3.63, 3.8) is 0 Å². The molecule has 0 spiro atoms. The maximum Gasteiger partial charge on any atom is 0.265 e. The summed E-state index contributed by atoms with van der Waals surface area (Å²) in [6.07, 6.45) is 0. The topological polar surface area (TPSA) is 50.8 Å². The maximum absolute atomic E-state index is 11.9. The van der Waals surface area contributed by atoms with E-state index in [1.54, 1.807) is 45.5 Å². The molecule has 1 aromatic carbocycles. The van der Waals surface area contributed by atoms with E-state index < -0.39 is 0 Å². The van der Waals surface area contributed by atoms with Crippen LogP contribution in [0.2, 0.25) is 0 Å². The number of methoxy groups -OCH3 is 2. The molecule has 17 heavy (non-hydrogen) atoms. The van der Waals surface area contributed by atoms with Crippen molar-refractivity contribution in [2.24, 2.45) is 0 Å². The van der Waals surface area contributed by atoms with Gasteiger partial charge < -0.3 is 9.47 Å². The molecule has 94 valence electrons. The summed E-state index contributed by atoms with van der Waals surface area (Å²) in [5.74, 6) is 0.988. The molecule has 0 heterocycles. The molecule has 0 unspecified atom stereocenters. The van der Waals surface area contributed by atoms with Crippen molar-refractivity contribution >= 4 is 5.91 Å². The highest BCUT2D eigenvalue weighted by Gasteiger charge is 2.14. The van der Waals surface area contributed by atoms with Crippen LogP contribution >= 0.6 is 0 Å². The van der Waals surface area contributed by atoms with E-state index in [9.17, 15) is 4.79 Å². The van der Waals surface area contributed by atoms with Crippen LogP contribution in [0, 0.1) is 6.92 Å². The zero-order valence-corrected chi connectivity index (χ0v) is 10.8. The molecule has 0 aliphatic heterocycles. The van der Waals surface area contributed by atoms with E-state index in [4.69, 9.17) is 9.47 Å². The number of carbonyl (C=O) groups excluding carboxylic acids is 1. The Hall–Kier alpha value is -1.75. The van der Waals surface area contributed by atoms with Crippen LogP contribution in [0.25, 0.3) is 0 Å². The van der Waals surface area contributed by atoms with E-state index >= 15 is 0 Å². The Morgan fingerprint density at radius 2 is 1.71 bits per heavy atom. The molecule has 0 bridgehead atoms. The number of ether oxygens (including phenoxy) is 2. The molecule has 1 amide bonds. The monoisotopic (exact) mass is 238 g/mol. The molecule has 0 fully saturated rings. The zero-order valence-electron chi connectivity index (χ0n) is 10.8. The predicted octanol–water partition coefficient (Wildman–Crippen LogP) is 1.22. The lowest BCUT2D eigenvalue weighted by Crippen LogP contribution is -2.36. The number of amides is 1. The Kier molecular flexibility index (Phi) is 4.34. The Morgan fingerprint density at radius 3 is 2.18 bits per heavy atom. The summed E-state index contributed by atoms with van der Waals surface area (Å²) in [5.41, 5.74) is 4.09. The second-order valence-electron chi connectivity index (χ2n) is 3.86. The average molecular weight is 238 g/mol. The Morgan fingerprint density at radius 1 is 1.18 bits per heavy atom. The zero-order chi connectivity index (χ0) is 13.0. The first-order valence-electron chi connectivity index (χ1n) is 5.20. The lowest BCUT2D eigenvalue weighted by molar-refractivity contribution is 0.0856. The molecule has 0 saturated carbocycles. The first-order valence-corrected chi connectivity index (χ1v) is 5.20. The SMILES string of the molecule is COc1cc(C)c(C(=O)NN(C)C)cc1OC. The third-order valence-electron chi connectivity index (χ3n) is 2.30. The Balaban J connectivity index is 3.12. The molecule has 0 saturated heterocycles. The first-order chi connectivity index (χ1) is 7.99. The van der Waals surface area contributed by atoms with Crippen LogP contribution < -0.4 is 14.9 Å². The van der Waals surface area contributed by atoms with Gasteiger partial charge in [-0.15, -0.1) is 0 Å². The summed E-state index contributed by atoms with van der Waals surface area (Å²) in [5, 5.41) is 1.60. The molecule has 5 nitrogen and oxygen atoms in total. The van der Waals surface area contributed by atoms with E-state index in [-0.39, 0.29) is 5.91 Å². The third kappa shape index (κ3) is 3.10. The lowest BCUT2D eigenvalue weighted by Gasteiger charge is -2.15. The fourth-order valence-electron chi connectivity index (χ4n) is 1.49. The standard InChI is InChI=1S/C12H18N2O3/c1-8-6-10(16-4)11(17-5)7-9(8)12(15)13-14(2)3/h6-7H,1-5H3,(H,13,15). The van der Waals surface area contributed by atoms with Gasteiger partial charge in [0.25, 0.3) is 5.91 Å². The molecule has 1 N–H and O–H groups in total. The van der Waals surface area contributed by atoms with Crippen molar-refractivity contribution in [2.75, 3.05) is 28.3 Å². The number of hydrogen-bond acceptors (Lipinski definition) is 4. The molecule has 1 rings (SSSR count). The van der Waals surface area contributed by atoms with Crippen molar-refractivity contribution in [2.45, 2.75) is 6.92 Å². The number of benzene rings is 1. The fraction of sp³-hybridized carbons (Fsp3) is 0.417. The minimum Gasteiger partial charge on any atom is -0.493 e. The van der Waals surface area contributed by atoms with Crippen LogP contribution in [0.15, 0.2) is 12.1 Å². The number of nitrogens with zero attached hydrogens (tertiary/aromatic N) is 1. The molecule has 0 radical (unpaired) electrons. The van der Waals surface area contributed by atoms with Gasteiger partial charge in [0.05, 0.1) is 14.2 Å².